The van der Waals surface area contributed by atoms with Crippen molar-refractivity contribution < 1.29 is 33.0 Å². The van der Waals surface area contributed by atoms with E-state index in [1.165, 1.54) is 17.7 Å². The molecule has 38 heavy (non-hydrogen) atoms. The average molecular weight is 541 g/mol. The highest BCUT2D eigenvalue weighted by Crippen LogP contribution is 2.17. The van der Waals surface area contributed by atoms with Crippen LogP contribution in [0.2, 0.25) is 0 Å². The topological polar surface area (TPSA) is 166 Å². The van der Waals surface area contributed by atoms with E-state index in [1.54, 1.807) is 19.2 Å². The van der Waals surface area contributed by atoms with Crippen molar-refractivity contribution in [2.45, 2.75) is 17.9 Å². The van der Waals surface area contributed by atoms with Gasteiger partial charge in [0.1, 0.15) is 5.75 Å². The van der Waals surface area contributed by atoms with Crippen LogP contribution < -0.4 is 20.1 Å². The van der Waals surface area contributed by atoms with Gasteiger partial charge in [0.15, 0.2) is 5.96 Å². The summed E-state index contributed by atoms with van der Waals surface area (Å²) in [6.07, 6.45) is 0.803. The van der Waals surface area contributed by atoms with Crippen LogP contribution in [0, 0.1) is 0 Å². The highest BCUT2D eigenvalue weighted by Gasteiger charge is 2.13. The summed E-state index contributed by atoms with van der Waals surface area (Å²) in [5.41, 5.74) is 4.26. The summed E-state index contributed by atoms with van der Waals surface area (Å²) in [7, 11) is -2.04. The number of nitrogens with zero attached hydrogens (tertiary/aromatic N) is 1. The molecule has 1 aliphatic rings. The molecule has 0 saturated carbocycles. The second-order valence-corrected chi connectivity index (χ2v) is 9.85. The SMILES string of the molecule is COc1ccc(S(=O)(=O)NCc2ccc(Cc3ccc(NC4=NCCN4)cc3)cc2)cc1.O=C(O)C(=O)O. The van der Waals surface area contributed by atoms with E-state index in [9.17, 15) is 8.42 Å². The molecule has 12 heteroatoms. The normalized spacial score (nSPS) is 12.4. The Hall–Kier alpha value is -4.42. The van der Waals surface area contributed by atoms with Crippen molar-refractivity contribution in [2.24, 2.45) is 4.99 Å². The Balaban J connectivity index is 0.000000599. The van der Waals surface area contributed by atoms with Crippen LogP contribution in [-0.2, 0) is 32.6 Å². The fourth-order valence-electron chi connectivity index (χ4n) is 3.35. The molecule has 11 nitrogen and oxygen atoms in total. The van der Waals surface area contributed by atoms with Crippen LogP contribution in [0.15, 0.2) is 82.7 Å². The lowest BCUT2D eigenvalue weighted by Crippen LogP contribution is -2.26. The summed E-state index contributed by atoms with van der Waals surface area (Å²) in [5, 5.41) is 21.2. The Morgan fingerprint density at radius 3 is 1.95 bits per heavy atom. The Kier molecular flexibility index (Phi) is 9.79. The van der Waals surface area contributed by atoms with Crippen molar-refractivity contribution >= 4 is 33.6 Å². The number of nitrogens with one attached hydrogen (secondary N) is 3. The highest BCUT2D eigenvalue weighted by atomic mass is 32.2. The van der Waals surface area contributed by atoms with E-state index in [0.29, 0.717) is 5.75 Å². The first-order valence-corrected chi connectivity index (χ1v) is 13.0. The molecule has 1 heterocycles. The molecule has 0 fully saturated rings. The largest absolute Gasteiger partial charge is 0.497 e. The smallest absolute Gasteiger partial charge is 0.414 e. The fraction of sp³-hybridized carbons (Fsp3) is 0.192. The van der Waals surface area contributed by atoms with Crippen molar-refractivity contribution in [1.29, 1.82) is 0 Å². The van der Waals surface area contributed by atoms with Crippen molar-refractivity contribution in [3.05, 3.63) is 89.5 Å². The summed E-state index contributed by atoms with van der Waals surface area (Å²) in [6, 6.07) is 22.5. The van der Waals surface area contributed by atoms with E-state index in [4.69, 9.17) is 24.5 Å². The Morgan fingerprint density at radius 2 is 1.45 bits per heavy atom. The first-order valence-electron chi connectivity index (χ1n) is 11.5. The minimum Gasteiger partial charge on any atom is -0.497 e. The van der Waals surface area contributed by atoms with Crippen LogP contribution in [-0.4, -0.2) is 56.7 Å². The quantitative estimate of drug-likeness (QED) is 0.269. The molecule has 0 aliphatic carbocycles. The van der Waals surface area contributed by atoms with Crippen LogP contribution in [0.25, 0.3) is 0 Å². The molecule has 0 bridgehead atoms. The Labute approximate surface area is 220 Å². The number of benzene rings is 3. The van der Waals surface area contributed by atoms with Gasteiger partial charge in [-0.2, -0.15) is 0 Å². The Bertz CT molecular complexity index is 1360. The minimum atomic E-state index is -3.58. The maximum atomic E-state index is 12.5. The molecule has 0 spiro atoms. The molecular formula is C26H28N4O7S. The second-order valence-electron chi connectivity index (χ2n) is 8.08. The summed E-state index contributed by atoms with van der Waals surface area (Å²) >= 11 is 0. The number of carbonyl (C=O) groups is 2. The standard InChI is InChI=1S/C24H26N4O3S.C2H2O4/c1-31-22-10-12-23(13-11-22)32(29,30)27-17-20-4-2-18(3-5-20)16-19-6-8-21(9-7-19)28-24-25-14-15-26-24;3-1(4)2(5)6/h2-13,27H,14-17H2,1H3,(H2,25,26,28);(H,3,4)(H,5,6). The zero-order chi connectivity index (χ0) is 27.5. The third-order valence-corrected chi connectivity index (χ3v) is 6.76. The van der Waals surface area contributed by atoms with Crippen LogP contribution in [0.1, 0.15) is 16.7 Å². The zero-order valence-electron chi connectivity index (χ0n) is 20.5. The third kappa shape index (κ3) is 8.61. The third-order valence-electron chi connectivity index (χ3n) is 5.34. The molecule has 3 aromatic rings. The predicted octanol–water partition coefficient (Wildman–Crippen LogP) is 2.29. The summed E-state index contributed by atoms with van der Waals surface area (Å²) in [5.74, 6) is -2.22. The molecule has 0 atom stereocenters. The monoisotopic (exact) mass is 540 g/mol. The van der Waals surface area contributed by atoms with Gasteiger partial charge in [0.25, 0.3) is 0 Å². The van der Waals surface area contributed by atoms with Gasteiger partial charge in [0.05, 0.1) is 18.6 Å². The molecule has 5 N–H and O–H groups in total. The maximum Gasteiger partial charge on any atom is 0.414 e. The number of aliphatic imine (C=N–C) groups is 1. The molecule has 200 valence electrons. The van der Waals surface area contributed by atoms with Gasteiger partial charge in [0, 0.05) is 18.8 Å². The molecule has 4 rings (SSSR count). The number of guanidine groups is 1. The van der Waals surface area contributed by atoms with E-state index >= 15 is 0 Å². The number of hydrogen-bond donors (Lipinski definition) is 5. The van der Waals surface area contributed by atoms with Gasteiger partial charge in [-0.3, -0.25) is 4.99 Å². The van der Waals surface area contributed by atoms with Crippen molar-refractivity contribution in [2.75, 3.05) is 25.5 Å². The lowest BCUT2D eigenvalue weighted by Gasteiger charge is -2.09. The second kappa shape index (κ2) is 13.2. The van der Waals surface area contributed by atoms with Gasteiger partial charge < -0.3 is 25.6 Å². The number of aliphatic carboxylic acids is 2. The molecule has 3 aromatic carbocycles. The van der Waals surface area contributed by atoms with Gasteiger partial charge >= 0.3 is 11.9 Å². The number of hydrogen-bond acceptors (Lipinski definition) is 8. The molecular weight excluding hydrogens is 512 g/mol. The number of ether oxygens (including phenoxy) is 1. The van der Waals surface area contributed by atoms with E-state index in [-0.39, 0.29) is 11.4 Å². The first-order chi connectivity index (χ1) is 18.2. The number of methoxy groups -OCH3 is 1. The molecule has 0 saturated heterocycles. The molecule has 0 amide bonds. The van der Waals surface area contributed by atoms with Gasteiger partial charge in [-0.25, -0.2) is 22.7 Å². The lowest BCUT2D eigenvalue weighted by molar-refractivity contribution is -0.159. The summed E-state index contributed by atoms with van der Waals surface area (Å²) in [6.45, 7) is 1.91. The summed E-state index contributed by atoms with van der Waals surface area (Å²) in [4.78, 5) is 22.7. The van der Waals surface area contributed by atoms with Gasteiger partial charge in [0.2, 0.25) is 10.0 Å². The van der Waals surface area contributed by atoms with E-state index in [2.05, 4.69) is 32.5 Å². The van der Waals surface area contributed by atoms with Crippen LogP contribution in [0.3, 0.4) is 0 Å². The van der Waals surface area contributed by atoms with E-state index in [1.807, 2.05) is 36.4 Å². The van der Waals surface area contributed by atoms with Gasteiger partial charge in [-0.15, -0.1) is 0 Å². The van der Waals surface area contributed by atoms with Crippen molar-refractivity contribution in [1.82, 2.24) is 10.0 Å². The number of anilines is 1. The fourth-order valence-corrected chi connectivity index (χ4v) is 4.37. The number of carboxylic acids is 2. The molecule has 0 unspecified atom stereocenters. The number of rotatable bonds is 8. The van der Waals surface area contributed by atoms with Crippen LogP contribution in [0.5, 0.6) is 5.75 Å². The van der Waals surface area contributed by atoms with Crippen molar-refractivity contribution in [3.8, 4) is 5.75 Å². The zero-order valence-corrected chi connectivity index (χ0v) is 21.4. The molecule has 0 radical (unpaired) electrons. The molecule has 1 aliphatic heterocycles. The first kappa shape index (κ1) is 28.2. The van der Waals surface area contributed by atoms with E-state index < -0.39 is 22.0 Å². The minimum absolute atomic E-state index is 0.212. The van der Waals surface area contributed by atoms with E-state index in [0.717, 1.165) is 42.3 Å². The lowest BCUT2D eigenvalue weighted by atomic mass is 10.0. The van der Waals surface area contributed by atoms with Gasteiger partial charge in [-0.1, -0.05) is 36.4 Å². The van der Waals surface area contributed by atoms with Crippen LogP contribution >= 0.6 is 0 Å². The number of carboxylic acid groups (broad SMARTS) is 2. The maximum absolute atomic E-state index is 12.5. The summed E-state index contributed by atoms with van der Waals surface area (Å²) < 4.78 is 32.7. The molecule has 0 aromatic heterocycles. The van der Waals surface area contributed by atoms with Crippen molar-refractivity contribution in [3.63, 3.8) is 0 Å². The predicted molar refractivity (Wildman–Crippen MR) is 142 cm³/mol. The van der Waals surface area contributed by atoms with Crippen LogP contribution in [0.4, 0.5) is 5.69 Å². The van der Waals surface area contributed by atoms with Gasteiger partial charge in [-0.05, 0) is 59.5 Å². The highest BCUT2D eigenvalue weighted by molar-refractivity contribution is 7.89. The number of sulfonamides is 1. The average Bonchev–Trinajstić information content (AvgIpc) is 3.43. The Morgan fingerprint density at radius 1 is 0.895 bits per heavy atom.